The van der Waals surface area contributed by atoms with Gasteiger partial charge in [-0.2, -0.15) is 0 Å². The van der Waals surface area contributed by atoms with E-state index in [1.807, 2.05) is 33.8 Å². The Morgan fingerprint density at radius 3 is 1.83 bits per heavy atom. The number of nitrogens with zero attached hydrogens (tertiary/aromatic N) is 2. The van der Waals surface area contributed by atoms with Crippen molar-refractivity contribution in [2.75, 3.05) is 26.4 Å². The lowest BCUT2D eigenvalue weighted by Crippen LogP contribution is -2.32. The Labute approximate surface area is 184 Å². The summed E-state index contributed by atoms with van der Waals surface area (Å²) in [7, 11) is 0. The Morgan fingerprint density at radius 1 is 0.800 bits per heavy atom. The fraction of sp³-hybridized carbons (Fsp3) is 0.792. The van der Waals surface area contributed by atoms with Crippen LogP contribution in [0.1, 0.15) is 86.0 Å². The summed E-state index contributed by atoms with van der Waals surface area (Å²) >= 11 is 0. The Bertz CT molecular complexity index is 477. The third-order valence-corrected chi connectivity index (χ3v) is 4.46. The predicted molar refractivity (Wildman–Crippen MR) is 126 cm³/mol. The van der Waals surface area contributed by atoms with Crippen LogP contribution in [0.2, 0.25) is 0 Å². The van der Waals surface area contributed by atoms with Gasteiger partial charge in [-0.15, -0.1) is 0 Å². The number of carbonyl (C=O) groups is 1. The lowest BCUT2D eigenvalue weighted by molar-refractivity contribution is -0.104. The molecule has 0 N–H and O–H groups in total. The average Bonchev–Trinajstić information content (AvgIpc) is 2.73. The van der Waals surface area contributed by atoms with E-state index in [0.717, 1.165) is 38.8 Å². The number of aliphatic imine (C=N–C) groups is 2. The van der Waals surface area contributed by atoms with Gasteiger partial charge in [0, 0.05) is 13.2 Å². The second-order valence-electron chi connectivity index (χ2n) is 7.24. The highest BCUT2D eigenvalue weighted by Crippen LogP contribution is 2.10. The van der Waals surface area contributed by atoms with Crippen LogP contribution in [0.3, 0.4) is 0 Å². The molecule has 0 aromatic rings. The Kier molecular flexibility index (Phi) is 19.4. The number of rotatable bonds is 14. The van der Waals surface area contributed by atoms with E-state index in [1.165, 1.54) is 32.1 Å². The second-order valence-corrected chi connectivity index (χ2v) is 7.24. The van der Waals surface area contributed by atoms with Crippen molar-refractivity contribution in [1.82, 2.24) is 0 Å². The maximum Gasteiger partial charge on any atom is 0.209 e. The fourth-order valence-electron chi connectivity index (χ4n) is 2.85. The van der Waals surface area contributed by atoms with Gasteiger partial charge < -0.3 is 14.2 Å². The van der Waals surface area contributed by atoms with Crippen molar-refractivity contribution < 1.29 is 19.0 Å². The van der Waals surface area contributed by atoms with Crippen molar-refractivity contribution in [2.45, 2.75) is 98.1 Å². The van der Waals surface area contributed by atoms with Crippen molar-refractivity contribution in [3.05, 3.63) is 12.2 Å². The summed E-state index contributed by atoms with van der Waals surface area (Å²) in [6.45, 7) is 13.1. The molecule has 1 aliphatic rings. The third kappa shape index (κ3) is 15.2. The smallest absolute Gasteiger partial charge is 0.209 e. The molecule has 0 saturated carbocycles. The van der Waals surface area contributed by atoms with Gasteiger partial charge >= 0.3 is 0 Å². The zero-order valence-corrected chi connectivity index (χ0v) is 19.9. The minimum absolute atomic E-state index is 0.0206. The van der Waals surface area contributed by atoms with Crippen LogP contribution in [-0.4, -0.2) is 56.6 Å². The number of ether oxygens (including phenoxy) is 3. The maximum atomic E-state index is 9.98. The Balaban J connectivity index is 0.000000564. The molecule has 1 rings (SSSR count). The van der Waals surface area contributed by atoms with Crippen LogP contribution in [0.15, 0.2) is 22.1 Å². The number of hydrogen-bond acceptors (Lipinski definition) is 6. The molecule has 0 aliphatic carbocycles. The summed E-state index contributed by atoms with van der Waals surface area (Å²) in [6, 6.07) is -0.0413. The van der Waals surface area contributed by atoms with Gasteiger partial charge in [-0.3, -0.25) is 4.79 Å². The molecule has 2 atom stereocenters. The molecule has 0 unspecified atom stereocenters. The van der Waals surface area contributed by atoms with Crippen LogP contribution in [0, 0.1) is 0 Å². The van der Waals surface area contributed by atoms with E-state index in [2.05, 4.69) is 16.9 Å². The van der Waals surface area contributed by atoms with Crippen molar-refractivity contribution in [1.29, 1.82) is 0 Å². The summed E-state index contributed by atoms with van der Waals surface area (Å²) in [4.78, 5) is 18.8. The number of aldehydes is 1. The first-order valence-corrected chi connectivity index (χ1v) is 11.7. The van der Waals surface area contributed by atoms with E-state index in [4.69, 9.17) is 14.2 Å². The highest BCUT2D eigenvalue weighted by atomic mass is 16.5. The van der Waals surface area contributed by atoms with Crippen molar-refractivity contribution in [3.8, 4) is 0 Å². The molecule has 0 aromatic heterocycles. The highest BCUT2D eigenvalue weighted by Gasteiger charge is 2.23. The van der Waals surface area contributed by atoms with Crippen LogP contribution in [0.25, 0.3) is 0 Å². The molecule has 0 bridgehead atoms. The van der Waals surface area contributed by atoms with Crippen LogP contribution in [-0.2, 0) is 19.0 Å². The lowest BCUT2D eigenvalue weighted by Gasteiger charge is -2.22. The predicted octanol–water partition coefficient (Wildman–Crippen LogP) is 5.55. The first-order chi connectivity index (χ1) is 14.6. The lowest BCUT2D eigenvalue weighted by atomic mass is 10.2. The molecule has 0 radical (unpaired) electrons. The van der Waals surface area contributed by atoms with E-state index in [0.29, 0.717) is 25.0 Å². The van der Waals surface area contributed by atoms with Gasteiger partial charge in [-0.25, -0.2) is 9.98 Å². The first kappa shape index (κ1) is 28.3. The van der Waals surface area contributed by atoms with E-state index in [1.54, 1.807) is 6.08 Å². The number of allylic oxidation sites excluding steroid dienone is 2. The zero-order chi connectivity index (χ0) is 22.5. The number of hydrogen-bond donors (Lipinski definition) is 0. The molecule has 0 aromatic carbocycles. The summed E-state index contributed by atoms with van der Waals surface area (Å²) in [6.07, 6.45) is 14.0. The van der Waals surface area contributed by atoms with Gasteiger partial charge in [0.15, 0.2) is 0 Å². The topological polar surface area (TPSA) is 69.5 Å². The molecular formula is C24H44N2O4. The van der Waals surface area contributed by atoms with Gasteiger partial charge in [-0.05, 0) is 59.5 Å². The number of carbonyl (C=O) groups excluding carboxylic acids is 1. The minimum atomic E-state index is -0.0206. The normalized spacial score (nSPS) is 18.3. The standard InChI is InChI=1S/C14H26O2.C10H18N2O2/c1-2-3-4-7-10-13-16-14-11-8-5-6-9-12-15;1-5-13-9-7(3)12-10(14-6-2)8(4)11-9/h6,9,12H,2-5,7-8,10-11,13-14H2,1H3;7-8H,5-6H2,1-4H3/b9-6+;/t;7-,8-/m.1/s1. The van der Waals surface area contributed by atoms with E-state index >= 15 is 0 Å². The van der Waals surface area contributed by atoms with Crippen LogP contribution < -0.4 is 0 Å². The van der Waals surface area contributed by atoms with Gasteiger partial charge in [0.1, 0.15) is 18.4 Å². The summed E-state index contributed by atoms with van der Waals surface area (Å²) in [5.74, 6) is 1.42. The molecule has 0 spiro atoms. The highest BCUT2D eigenvalue weighted by molar-refractivity contribution is 5.93. The molecule has 0 amide bonds. The molecule has 0 saturated heterocycles. The average molecular weight is 425 g/mol. The summed E-state index contributed by atoms with van der Waals surface area (Å²) in [5, 5.41) is 0. The molecule has 174 valence electrons. The van der Waals surface area contributed by atoms with E-state index in [9.17, 15) is 4.79 Å². The molecule has 1 aliphatic heterocycles. The van der Waals surface area contributed by atoms with Gasteiger partial charge in [0.05, 0.1) is 13.2 Å². The zero-order valence-electron chi connectivity index (χ0n) is 19.9. The molecule has 6 heteroatoms. The second kappa shape index (κ2) is 20.6. The quantitative estimate of drug-likeness (QED) is 0.208. The molecule has 0 fully saturated rings. The van der Waals surface area contributed by atoms with Crippen LogP contribution in [0.5, 0.6) is 0 Å². The van der Waals surface area contributed by atoms with Crippen molar-refractivity contribution in [3.63, 3.8) is 0 Å². The molecule has 1 heterocycles. The van der Waals surface area contributed by atoms with Gasteiger partial charge in [0.2, 0.25) is 11.8 Å². The Morgan fingerprint density at radius 2 is 1.33 bits per heavy atom. The van der Waals surface area contributed by atoms with Gasteiger partial charge in [0.25, 0.3) is 0 Å². The third-order valence-electron chi connectivity index (χ3n) is 4.46. The van der Waals surface area contributed by atoms with Crippen LogP contribution in [0.4, 0.5) is 0 Å². The monoisotopic (exact) mass is 424 g/mol. The maximum absolute atomic E-state index is 9.98. The van der Waals surface area contributed by atoms with E-state index in [-0.39, 0.29) is 12.1 Å². The Hall–Kier alpha value is -1.69. The molecular weight excluding hydrogens is 380 g/mol. The molecule has 30 heavy (non-hydrogen) atoms. The largest absolute Gasteiger partial charge is 0.480 e. The first-order valence-electron chi connectivity index (χ1n) is 11.7. The summed E-state index contributed by atoms with van der Waals surface area (Å²) < 4.78 is 16.3. The van der Waals surface area contributed by atoms with E-state index < -0.39 is 0 Å². The van der Waals surface area contributed by atoms with Crippen LogP contribution >= 0.6 is 0 Å². The number of unbranched alkanes of at least 4 members (excludes halogenated alkanes) is 6. The van der Waals surface area contributed by atoms with Crippen molar-refractivity contribution in [2.24, 2.45) is 9.98 Å². The minimum Gasteiger partial charge on any atom is -0.480 e. The SMILES string of the molecule is CCCCCCCOCCCC/C=C/C=O.CCOC1=N[C@H](C)C(OCC)=N[C@@H]1C. The van der Waals surface area contributed by atoms with Gasteiger partial charge in [-0.1, -0.05) is 38.7 Å². The molecule has 6 nitrogen and oxygen atoms in total. The van der Waals surface area contributed by atoms with Crippen molar-refractivity contribution >= 4 is 18.1 Å². The fourth-order valence-corrected chi connectivity index (χ4v) is 2.85. The summed E-state index contributed by atoms with van der Waals surface area (Å²) in [5.41, 5.74) is 0.